The minimum atomic E-state index is -3.33. The molecule has 2 rings (SSSR count). The molecule has 1 amide bonds. The van der Waals surface area contributed by atoms with Crippen LogP contribution in [0.4, 0.5) is 11.4 Å². The maximum Gasteiger partial charge on any atom is 0.255 e. The number of hydrogen-bond acceptors (Lipinski definition) is 4. The van der Waals surface area contributed by atoms with Crippen LogP contribution < -0.4 is 10.0 Å². The lowest BCUT2D eigenvalue weighted by Crippen LogP contribution is -2.12. The van der Waals surface area contributed by atoms with E-state index in [0.717, 1.165) is 6.26 Å². The minimum absolute atomic E-state index is 0.312. The van der Waals surface area contributed by atoms with Crippen LogP contribution in [0.3, 0.4) is 0 Å². The van der Waals surface area contributed by atoms with Crippen LogP contribution in [-0.4, -0.2) is 20.6 Å². The van der Waals surface area contributed by atoms with Gasteiger partial charge in [0.25, 0.3) is 5.91 Å². The Morgan fingerprint density at radius 1 is 1.00 bits per heavy atom. The number of amides is 1. The number of carbonyl (C=O) groups is 1. The molecule has 2 aromatic rings. The fourth-order valence-corrected chi connectivity index (χ4v) is 2.30. The molecule has 0 atom stereocenters. The summed E-state index contributed by atoms with van der Waals surface area (Å²) in [4.78, 5) is 12.0. The van der Waals surface area contributed by atoms with Crippen molar-refractivity contribution in [1.29, 1.82) is 5.26 Å². The normalized spacial score (nSPS) is 10.5. The van der Waals surface area contributed by atoms with Crippen LogP contribution in [0, 0.1) is 11.3 Å². The van der Waals surface area contributed by atoms with E-state index < -0.39 is 10.0 Å². The van der Waals surface area contributed by atoms with Gasteiger partial charge in [0.1, 0.15) is 0 Å². The molecule has 0 heterocycles. The van der Waals surface area contributed by atoms with Crippen LogP contribution in [0.5, 0.6) is 0 Å². The average Bonchev–Trinajstić information content (AvgIpc) is 2.48. The average molecular weight is 315 g/mol. The Kier molecular flexibility index (Phi) is 4.44. The van der Waals surface area contributed by atoms with E-state index in [1.807, 2.05) is 6.07 Å². The Morgan fingerprint density at radius 3 is 2.05 bits per heavy atom. The van der Waals surface area contributed by atoms with Crippen molar-refractivity contribution in [3.8, 4) is 6.07 Å². The summed E-state index contributed by atoms with van der Waals surface area (Å²) in [5, 5.41) is 11.4. The number of benzene rings is 2. The summed E-state index contributed by atoms with van der Waals surface area (Å²) in [5.74, 6) is -0.312. The molecule has 0 unspecified atom stereocenters. The topological polar surface area (TPSA) is 99.1 Å². The van der Waals surface area contributed by atoms with E-state index in [1.54, 1.807) is 48.5 Å². The van der Waals surface area contributed by atoms with Gasteiger partial charge < -0.3 is 5.32 Å². The smallest absolute Gasteiger partial charge is 0.255 e. The third kappa shape index (κ3) is 4.33. The first-order valence-corrected chi connectivity index (χ1v) is 8.16. The lowest BCUT2D eigenvalue weighted by atomic mass is 10.1. The second kappa shape index (κ2) is 6.28. The molecular formula is C15H13N3O3S. The predicted molar refractivity (Wildman–Crippen MR) is 84.0 cm³/mol. The molecule has 2 N–H and O–H groups in total. The first-order valence-electron chi connectivity index (χ1n) is 6.27. The summed E-state index contributed by atoms with van der Waals surface area (Å²) in [5.41, 5.74) is 1.86. The molecule has 112 valence electrons. The van der Waals surface area contributed by atoms with Crippen LogP contribution in [-0.2, 0) is 10.0 Å². The number of nitrogens with one attached hydrogen (secondary N) is 2. The van der Waals surface area contributed by atoms with Crippen molar-refractivity contribution in [2.45, 2.75) is 0 Å². The van der Waals surface area contributed by atoms with Gasteiger partial charge in [0.2, 0.25) is 10.0 Å². The van der Waals surface area contributed by atoms with Crippen molar-refractivity contribution < 1.29 is 13.2 Å². The Hall–Kier alpha value is -2.85. The highest BCUT2D eigenvalue weighted by molar-refractivity contribution is 7.92. The van der Waals surface area contributed by atoms with E-state index in [0.29, 0.717) is 22.5 Å². The highest BCUT2D eigenvalue weighted by Gasteiger charge is 2.07. The van der Waals surface area contributed by atoms with Gasteiger partial charge in [-0.2, -0.15) is 5.26 Å². The van der Waals surface area contributed by atoms with Gasteiger partial charge >= 0.3 is 0 Å². The summed E-state index contributed by atoms with van der Waals surface area (Å²) in [7, 11) is -3.33. The van der Waals surface area contributed by atoms with Crippen LogP contribution in [0.25, 0.3) is 0 Å². The largest absolute Gasteiger partial charge is 0.322 e. The van der Waals surface area contributed by atoms with Crippen LogP contribution in [0.15, 0.2) is 48.5 Å². The molecule has 6 nitrogen and oxygen atoms in total. The third-order valence-corrected chi connectivity index (χ3v) is 3.33. The summed E-state index contributed by atoms with van der Waals surface area (Å²) < 4.78 is 24.5. The number of rotatable bonds is 4. The van der Waals surface area contributed by atoms with Crippen molar-refractivity contribution in [3.05, 3.63) is 59.7 Å². The van der Waals surface area contributed by atoms with Gasteiger partial charge in [-0.25, -0.2) is 8.42 Å². The van der Waals surface area contributed by atoms with E-state index in [4.69, 9.17) is 5.26 Å². The molecule has 0 fully saturated rings. The van der Waals surface area contributed by atoms with Crippen LogP contribution in [0.1, 0.15) is 15.9 Å². The maximum absolute atomic E-state index is 12.0. The number of anilines is 2. The number of nitriles is 1. The number of carbonyl (C=O) groups excluding carboxylic acids is 1. The van der Waals surface area contributed by atoms with Gasteiger partial charge in [0, 0.05) is 16.9 Å². The SMILES string of the molecule is CS(=O)(=O)Nc1ccc(NC(=O)c2ccc(C#N)cc2)cc1. The lowest BCUT2D eigenvalue weighted by Gasteiger charge is -2.07. The van der Waals surface area contributed by atoms with E-state index in [2.05, 4.69) is 10.0 Å². The van der Waals surface area contributed by atoms with Gasteiger partial charge in [0.15, 0.2) is 0 Å². The highest BCUT2D eigenvalue weighted by atomic mass is 32.2. The highest BCUT2D eigenvalue weighted by Crippen LogP contribution is 2.15. The molecule has 0 bridgehead atoms. The van der Waals surface area contributed by atoms with Crippen LogP contribution >= 0.6 is 0 Å². The zero-order chi connectivity index (χ0) is 16.2. The van der Waals surface area contributed by atoms with Gasteiger partial charge in [0.05, 0.1) is 17.9 Å². The summed E-state index contributed by atoms with van der Waals surface area (Å²) in [6.07, 6.45) is 1.06. The van der Waals surface area contributed by atoms with E-state index in [-0.39, 0.29) is 5.91 Å². The summed E-state index contributed by atoms with van der Waals surface area (Å²) >= 11 is 0. The molecule has 0 saturated carbocycles. The maximum atomic E-state index is 12.0. The lowest BCUT2D eigenvalue weighted by molar-refractivity contribution is 0.102. The quantitative estimate of drug-likeness (QED) is 0.903. The minimum Gasteiger partial charge on any atom is -0.322 e. The predicted octanol–water partition coefficient (Wildman–Crippen LogP) is 2.18. The van der Waals surface area contributed by atoms with E-state index >= 15 is 0 Å². The number of hydrogen-bond donors (Lipinski definition) is 2. The Balaban J connectivity index is 2.07. The molecular weight excluding hydrogens is 302 g/mol. The van der Waals surface area contributed by atoms with Crippen molar-refractivity contribution in [3.63, 3.8) is 0 Å². The Labute approximate surface area is 128 Å². The molecule has 0 aliphatic rings. The fourth-order valence-electron chi connectivity index (χ4n) is 1.74. The molecule has 0 aliphatic carbocycles. The third-order valence-electron chi connectivity index (χ3n) is 2.72. The van der Waals surface area contributed by atoms with Crippen molar-refractivity contribution in [2.24, 2.45) is 0 Å². The second-order valence-corrected chi connectivity index (χ2v) is 6.34. The van der Waals surface area contributed by atoms with Crippen molar-refractivity contribution in [2.75, 3.05) is 16.3 Å². The molecule has 0 radical (unpaired) electrons. The number of nitrogens with zero attached hydrogens (tertiary/aromatic N) is 1. The monoisotopic (exact) mass is 315 g/mol. The molecule has 0 spiro atoms. The Bertz CT molecular complexity index is 820. The van der Waals surface area contributed by atoms with Gasteiger partial charge in [-0.15, -0.1) is 0 Å². The standard InChI is InChI=1S/C15H13N3O3S/c1-22(20,21)18-14-8-6-13(7-9-14)17-15(19)12-4-2-11(10-16)3-5-12/h2-9,18H,1H3,(H,17,19). The molecule has 7 heteroatoms. The van der Waals surface area contributed by atoms with Crippen molar-refractivity contribution >= 4 is 27.3 Å². The van der Waals surface area contributed by atoms with Crippen molar-refractivity contribution in [1.82, 2.24) is 0 Å². The van der Waals surface area contributed by atoms with Crippen LogP contribution in [0.2, 0.25) is 0 Å². The molecule has 0 saturated heterocycles. The van der Waals surface area contributed by atoms with Gasteiger partial charge in [-0.1, -0.05) is 0 Å². The van der Waals surface area contributed by atoms with E-state index in [1.165, 1.54) is 0 Å². The summed E-state index contributed by atoms with van der Waals surface area (Å²) in [6, 6.07) is 14.5. The zero-order valence-corrected chi connectivity index (χ0v) is 12.5. The molecule has 0 aliphatic heterocycles. The number of sulfonamides is 1. The van der Waals surface area contributed by atoms with Gasteiger partial charge in [-0.3, -0.25) is 9.52 Å². The Morgan fingerprint density at radius 2 is 1.55 bits per heavy atom. The molecule has 22 heavy (non-hydrogen) atoms. The molecule has 0 aromatic heterocycles. The van der Waals surface area contributed by atoms with Gasteiger partial charge in [-0.05, 0) is 48.5 Å². The first kappa shape index (κ1) is 15.5. The fraction of sp³-hybridized carbons (Fsp3) is 0.0667. The second-order valence-electron chi connectivity index (χ2n) is 4.59. The van der Waals surface area contributed by atoms with E-state index in [9.17, 15) is 13.2 Å². The summed E-state index contributed by atoms with van der Waals surface area (Å²) in [6.45, 7) is 0. The molecule has 2 aromatic carbocycles. The zero-order valence-electron chi connectivity index (χ0n) is 11.7. The first-order chi connectivity index (χ1) is 10.4.